The molecule has 1 fully saturated rings. The van der Waals surface area contributed by atoms with E-state index < -0.39 is 5.82 Å². The third-order valence-corrected chi connectivity index (χ3v) is 3.82. The molecule has 1 aliphatic heterocycles. The maximum absolute atomic E-state index is 13.4. The molecule has 5 nitrogen and oxygen atoms in total. The number of nitrogens with zero attached hydrogens (tertiary/aromatic N) is 3. The Morgan fingerprint density at radius 3 is 3.15 bits per heavy atom. The van der Waals surface area contributed by atoms with E-state index in [1.165, 1.54) is 6.07 Å². The van der Waals surface area contributed by atoms with Crippen LogP contribution in [0, 0.1) is 5.82 Å². The average Bonchev–Trinajstić information content (AvgIpc) is 2.92. The second-order valence-electron chi connectivity index (χ2n) is 4.76. The maximum Gasteiger partial charge on any atom is 0.259 e. The quantitative estimate of drug-likeness (QED) is 0.920. The summed E-state index contributed by atoms with van der Waals surface area (Å²) in [6.45, 7) is 2.61. The molecule has 2 aromatic rings. The van der Waals surface area contributed by atoms with Gasteiger partial charge in [0.1, 0.15) is 5.82 Å². The summed E-state index contributed by atoms with van der Waals surface area (Å²) in [6.07, 6.45) is 0. The molecule has 1 N–H and O–H groups in total. The number of rotatable bonds is 2. The SMILES string of the molecule is CN1CCNCC1c1noc(-c2cccc(F)c2Cl)n1. The van der Waals surface area contributed by atoms with E-state index in [-0.39, 0.29) is 17.0 Å². The second-order valence-corrected chi connectivity index (χ2v) is 5.14. The van der Waals surface area contributed by atoms with E-state index in [1.807, 2.05) is 7.05 Å². The third-order valence-electron chi connectivity index (χ3n) is 3.43. The molecule has 0 radical (unpaired) electrons. The highest BCUT2D eigenvalue weighted by Crippen LogP contribution is 2.30. The van der Waals surface area contributed by atoms with Crippen LogP contribution in [0.4, 0.5) is 4.39 Å². The van der Waals surface area contributed by atoms with Gasteiger partial charge in [0.25, 0.3) is 5.89 Å². The summed E-state index contributed by atoms with van der Waals surface area (Å²) < 4.78 is 18.7. The highest BCUT2D eigenvalue weighted by molar-refractivity contribution is 6.33. The molecule has 1 saturated heterocycles. The zero-order valence-electron chi connectivity index (χ0n) is 10.9. The van der Waals surface area contributed by atoms with Crippen LogP contribution < -0.4 is 5.32 Å². The molecule has 1 aliphatic rings. The minimum Gasteiger partial charge on any atom is -0.334 e. The summed E-state index contributed by atoms with van der Waals surface area (Å²) in [6, 6.07) is 4.57. The molecule has 1 aromatic heterocycles. The second kappa shape index (κ2) is 5.47. The van der Waals surface area contributed by atoms with Gasteiger partial charge < -0.3 is 9.84 Å². The average molecular weight is 297 g/mol. The van der Waals surface area contributed by atoms with Gasteiger partial charge in [-0.15, -0.1) is 0 Å². The largest absolute Gasteiger partial charge is 0.334 e. The molecular formula is C13H14ClFN4O. The first-order chi connectivity index (χ1) is 9.66. The summed E-state index contributed by atoms with van der Waals surface area (Å²) in [5.41, 5.74) is 0.414. The Balaban J connectivity index is 1.92. The van der Waals surface area contributed by atoms with Crippen molar-refractivity contribution in [2.24, 2.45) is 0 Å². The summed E-state index contributed by atoms with van der Waals surface area (Å²) in [4.78, 5) is 6.50. The lowest BCUT2D eigenvalue weighted by Crippen LogP contribution is -2.44. The Kier molecular flexibility index (Phi) is 3.69. The molecule has 20 heavy (non-hydrogen) atoms. The normalized spacial score (nSPS) is 20.2. The number of benzene rings is 1. The predicted octanol–water partition coefficient (Wildman–Crippen LogP) is 2.11. The van der Waals surface area contributed by atoms with E-state index in [1.54, 1.807) is 12.1 Å². The third kappa shape index (κ3) is 2.42. The van der Waals surface area contributed by atoms with Crippen molar-refractivity contribution >= 4 is 11.6 Å². The Hall–Kier alpha value is -1.50. The lowest BCUT2D eigenvalue weighted by Gasteiger charge is -2.30. The van der Waals surface area contributed by atoms with E-state index in [2.05, 4.69) is 20.4 Å². The summed E-state index contributed by atoms with van der Waals surface area (Å²) >= 11 is 5.93. The number of hydrogen-bond donors (Lipinski definition) is 1. The van der Waals surface area contributed by atoms with Crippen molar-refractivity contribution in [3.8, 4) is 11.5 Å². The van der Waals surface area contributed by atoms with Gasteiger partial charge in [0.15, 0.2) is 5.82 Å². The van der Waals surface area contributed by atoms with Crippen molar-refractivity contribution in [2.75, 3.05) is 26.7 Å². The first-order valence-corrected chi connectivity index (χ1v) is 6.73. The van der Waals surface area contributed by atoms with Gasteiger partial charge in [-0.05, 0) is 19.2 Å². The molecule has 0 saturated carbocycles. The molecule has 1 unspecified atom stereocenters. The van der Waals surface area contributed by atoms with Gasteiger partial charge in [-0.1, -0.05) is 22.8 Å². The zero-order chi connectivity index (χ0) is 14.1. The molecular weight excluding hydrogens is 283 g/mol. The van der Waals surface area contributed by atoms with Crippen molar-refractivity contribution < 1.29 is 8.91 Å². The Labute approximate surface area is 120 Å². The molecule has 1 aromatic carbocycles. The smallest absolute Gasteiger partial charge is 0.259 e. The van der Waals surface area contributed by atoms with Crippen molar-refractivity contribution in [2.45, 2.75) is 6.04 Å². The van der Waals surface area contributed by atoms with Crippen LogP contribution in [0.1, 0.15) is 11.9 Å². The fraction of sp³-hybridized carbons (Fsp3) is 0.385. The van der Waals surface area contributed by atoms with E-state index in [0.29, 0.717) is 11.4 Å². The van der Waals surface area contributed by atoms with Gasteiger partial charge in [0, 0.05) is 19.6 Å². The first kappa shape index (κ1) is 13.5. The molecule has 0 aliphatic carbocycles. The summed E-state index contributed by atoms with van der Waals surface area (Å²) in [7, 11) is 2.01. The van der Waals surface area contributed by atoms with Crippen LogP contribution >= 0.6 is 11.6 Å². The van der Waals surface area contributed by atoms with Crippen LogP contribution in [0.25, 0.3) is 11.5 Å². The summed E-state index contributed by atoms with van der Waals surface area (Å²) in [5, 5.41) is 7.27. The van der Waals surface area contributed by atoms with Gasteiger partial charge >= 0.3 is 0 Å². The molecule has 7 heteroatoms. The number of likely N-dealkylation sites (N-methyl/N-ethyl adjacent to an activating group) is 1. The van der Waals surface area contributed by atoms with E-state index in [4.69, 9.17) is 16.1 Å². The molecule has 0 amide bonds. The Morgan fingerprint density at radius 1 is 1.50 bits per heavy atom. The van der Waals surface area contributed by atoms with Crippen molar-refractivity contribution in [1.29, 1.82) is 0 Å². The Bertz CT molecular complexity index is 618. The first-order valence-electron chi connectivity index (χ1n) is 6.36. The van der Waals surface area contributed by atoms with Crippen LogP contribution in [0.2, 0.25) is 5.02 Å². The molecule has 0 bridgehead atoms. The molecule has 1 atom stereocenters. The minimum absolute atomic E-state index is 0.00202. The fourth-order valence-electron chi connectivity index (χ4n) is 2.24. The molecule has 106 valence electrons. The van der Waals surface area contributed by atoms with Crippen molar-refractivity contribution in [1.82, 2.24) is 20.4 Å². The minimum atomic E-state index is -0.500. The topological polar surface area (TPSA) is 54.2 Å². The molecule has 0 spiro atoms. The monoisotopic (exact) mass is 296 g/mol. The molecule has 2 heterocycles. The fourth-order valence-corrected chi connectivity index (χ4v) is 2.45. The highest BCUT2D eigenvalue weighted by atomic mass is 35.5. The van der Waals surface area contributed by atoms with Crippen LogP contribution in [0.15, 0.2) is 22.7 Å². The van der Waals surface area contributed by atoms with Crippen LogP contribution in [0.3, 0.4) is 0 Å². The Morgan fingerprint density at radius 2 is 2.35 bits per heavy atom. The summed E-state index contributed by atoms with van der Waals surface area (Å²) in [5.74, 6) is 0.318. The van der Waals surface area contributed by atoms with Gasteiger partial charge in [0.05, 0.1) is 16.6 Å². The van der Waals surface area contributed by atoms with Crippen LogP contribution in [0.5, 0.6) is 0 Å². The highest BCUT2D eigenvalue weighted by Gasteiger charge is 2.26. The van der Waals surface area contributed by atoms with Gasteiger partial charge in [-0.3, -0.25) is 4.90 Å². The van der Waals surface area contributed by atoms with Crippen molar-refractivity contribution in [3.63, 3.8) is 0 Å². The lowest BCUT2D eigenvalue weighted by molar-refractivity contribution is 0.190. The van der Waals surface area contributed by atoms with Gasteiger partial charge in [-0.25, -0.2) is 4.39 Å². The van der Waals surface area contributed by atoms with Crippen molar-refractivity contribution in [3.05, 3.63) is 34.9 Å². The van der Waals surface area contributed by atoms with E-state index >= 15 is 0 Å². The molecule has 3 rings (SSSR count). The number of piperazine rings is 1. The van der Waals surface area contributed by atoms with Gasteiger partial charge in [0.2, 0.25) is 0 Å². The maximum atomic E-state index is 13.4. The van der Waals surface area contributed by atoms with Crippen LogP contribution in [-0.4, -0.2) is 41.7 Å². The number of halogens is 2. The van der Waals surface area contributed by atoms with Crippen LogP contribution in [-0.2, 0) is 0 Å². The zero-order valence-corrected chi connectivity index (χ0v) is 11.7. The number of nitrogens with one attached hydrogen (secondary N) is 1. The number of hydrogen-bond acceptors (Lipinski definition) is 5. The predicted molar refractivity (Wildman–Crippen MR) is 72.9 cm³/mol. The van der Waals surface area contributed by atoms with E-state index in [9.17, 15) is 4.39 Å². The number of aromatic nitrogens is 2. The van der Waals surface area contributed by atoms with Gasteiger partial charge in [-0.2, -0.15) is 4.98 Å². The van der Waals surface area contributed by atoms with E-state index in [0.717, 1.165) is 19.6 Å². The standard InChI is InChI=1S/C13H14ClFN4O/c1-19-6-5-16-7-10(19)12-17-13(20-18-12)8-3-2-4-9(15)11(8)14/h2-4,10,16H,5-7H2,1H3. The lowest BCUT2D eigenvalue weighted by atomic mass is 10.2.